The number of nitrogens with two attached hydrogens (primary N) is 2. The van der Waals surface area contributed by atoms with Gasteiger partial charge in [-0.15, -0.1) is 0 Å². The summed E-state index contributed by atoms with van der Waals surface area (Å²) >= 11 is 0. The minimum absolute atomic E-state index is 0.298. The molecule has 23 heavy (non-hydrogen) atoms. The Morgan fingerprint density at radius 2 is 2.00 bits per heavy atom. The number of nitrogen functional groups attached to an aromatic ring is 1. The number of aromatic nitrogens is 3. The van der Waals surface area contributed by atoms with Gasteiger partial charge in [0.2, 0.25) is 10.0 Å². The quantitative estimate of drug-likeness (QED) is 0.747. The number of sulfonamides is 1. The summed E-state index contributed by atoms with van der Waals surface area (Å²) in [6.07, 6.45) is 4.86. The van der Waals surface area contributed by atoms with E-state index in [0.717, 1.165) is 11.1 Å². The first-order valence-electron chi connectivity index (χ1n) is 6.80. The molecule has 0 saturated carbocycles. The van der Waals surface area contributed by atoms with E-state index in [1.807, 2.05) is 13.0 Å². The monoisotopic (exact) mass is 329 g/mol. The van der Waals surface area contributed by atoms with Crippen LogP contribution < -0.4 is 10.9 Å². The van der Waals surface area contributed by atoms with Crippen LogP contribution >= 0.6 is 0 Å². The Morgan fingerprint density at radius 1 is 1.22 bits per heavy atom. The van der Waals surface area contributed by atoms with E-state index < -0.39 is 10.0 Å². The summed E-state index contributed by atoms with van der Waals surface area (Å²) in [6, 6.07) is 5.25. The van der Waals surface area contributed by atoms with Gasteiger partial charge in [-0.2, -0.15) is 0 Å². The molecule has 3 aromatic rings. The van der Waals surface area contributed by atoms with Gasteiger partial charge in [0, 0.05) is 24.2 Å². The average molecular weight is 329 g/mol. The summed E-state index contributed by atoms with van der Waals surface area (Å²) in [5.41, 5.74) is 10.6. The second-order valence-electron chi connectivity index (χ2n) is 5.31. The lowest BCUT2D eigenvalue weighted by Gasteiger charge is -2.09. The number of nitrogens with zero attached hydrogens (tertiary/aromatic N) is 3. The van der Waals surface area contributed by atoms with Crippen molar-refractivity contribution >= 4 is 26.7 Å². The summed E-state index contributed by atoms with van der Waals surface area (Å²) in [4.78, 5) is 12.8. The molecule has 0 amide bonds. The zero-order valence-corrected chi connectivity index (χ0v) is 13.2. The second-order valence-corrected chi connectivity index (χ2v) is 6.92. The Labute approximate surface area is 133 Å². The van der Waals surface area contributed by atoms with Crippen LogP contribution in [-0.4, -0.2) is 23.4 Å². The molecule has 0 aromatic carbocycles. The van der Waals surface area contributed by atoms with E-state index in [0.29, 0.717) is 28.0 Å². The standard InChI is InChI=1S/C15H15N5O2S/c1-9-2-3-18-7-11(9)13-5-12(16)15-14(20-13)4-10(6-19-15)8-23(17,21)22/h2-7H,8H2,1H3,(H2,16,20)(H2,17,21,22). The molecule has 0 spiro atoms. The molecular weight excluding hydrogens is 314 g/mol. The SMILES string of the molecule is Cc1ccncc1-c1cc(N)c2ncc(CS(N)(=O)=O)cc2n1. The highest BCUT2D eigenvalue weighted by Crippen LogP contribution is 2.27. The van der Waals surface area contributed by atoms with Crippen molar-refractivity contribution in [1.29, 1.82) is 0 Å². The maximum Gasteiger partial charge on any atom is 0.213 e. The fraction of sp³-hybridized carbons (Fsp3) is 0.133. The number of anilines is 1. The third-order valence-electron chi connectivity index (χ3n) is 3.41. The van der Waals surface area contributed by atoms with Crippen LogP contribution in [0.3, 0.4) is 0 Å². The molecule has 118 valence electrons. The highest BCUT2D eigenvalue weighted by Gasteiger charge is 2.11. The van der Waals surface area contributed by atoms with E-state index in [-0.39, 0.29) is 5.75 Å². The van der Waals surface area contributed by atoms with Crippen molar-refractivity contribution in [3.63, 3.8) is 0 Å². The molecule has 0 unspecified atom stereocenters. The summed E-state index contributed by atoms with van der Waals surface area (Å²) in [5, 5.41) is 5.07. The Hall–Kier alpha value is -2.58. The van der Waals surface area contributed by atoms with Gasteiger partial charge in [0.25, 0.3) is 0 Å². The van der Waals surface area contributed by atoms with E-state index in [1.54, 1.807) is 24.5 Å². The third kappa shape index (κ3) is 3.27. The van der Waals surface area contributed by atoms with Crippen LogP contribution in [0, 0.1) is 6.92 Å². The Balaban J connectivity index is 2.17. The number of primary sulfonamides is 1. The van der Waals surface area contributed by atoms with Gasteiger partial charge in [-0.05, 0) is 36.2 Å². The van der Waals surface area contributed by atoms with Crippen molar-refractivity contribution in [3.8, 4) is 11.3 Å². The number of rotatable bonds is 3. The summed E-state index contributed by atoms with van der Waals surface area (Å²) in [7, 11) is -3.63. The number of hydrogen-bond acceptors (Lipinski definition) is 6. The maximum absolute atomic E-state index is 11.2. The van der Waals surface area contributed by atoms with Gasteiger partial charge in [0.15, 0.2) is 0 Å². The molecule has 0 bridgehead atoms. The molecule has 0 atom stereocenters. The van der Waals surface area contributed by atoms with Gasteiger partial charge in [-0.25, -0.2) is 18.5 Å². The molecule has 0 aliphatic heterocycles. The van der Waals surface area contributed by atoms with Gasteiger partial charge < -0.3 is 5.73 Å². The Bertz CT molecular complexity index is 1000. The maximum atomic E-state index is 11.2. The predicted octanol–water partition coefficient (Wildman–Crippen LogP) is 1.37. The van der Waals surface area contributed by atoms with Crippen molar-refractivity contribution < 1.29 is 8.42 Å². The molecule has 0 saturated heterocycles. The fourth-order valence-corrected chi connectivity index (χ4v) is 2.98. The lowest BCUT2D eigenvalue weighted by atomic mass is 10.1. The van der Waals surface area contributed by atoms with Crippen LogP contribution in [-0.2, 0) is 15.8 Å². The number of aryl methyl sites for hydroxylation is 1. The first-order chi connectivity index (χ1) is 10.8. The molecule has 7 nitrogen and oxygen atoms in total. The van der Waals surface area contributed by atoms with Crippen LogP contribution in [0.5, 0.6) is 0 Å². The summed E-state index contributed by atoms with van der Waals surface area (Å²) < 4.78 is 22.5. The fourth-order valence-electron chi connectivity index (χ4n) is 2.36. The van der Waals surface area contributed by atoms with E-state index in [4.69, 9.17) is 10.9 Å². The van der Waals surface area contributed by atoms with Crippen molar-refractivity contribution in [2.24, 2.45) is 5.14 Å². The third-order valence-corrected chi connectivity index (χ3v) is 4.15. The molecule has 8 heteroatoms. The van der Waals surface area contributed by atoms with E-state index in [1.165, 1.54) is 6.20 Å². The Morgan fingerprint density at radius 3 is 2.70 bits per heavy atom. The lowest BCUT2D eigenvalue weighted by Crippen LogP contribution is -2.14. The van der Waals surface area contributed by atoms with Gasteiger partial charge in [0.05, 0.1) is 22.7 Å². The summed E-state index contributed by atoms with van der Waals surface area (Å²) in [5.74, 6) is -0.298. The smallest absolute Gasteiger partial charge is 0.213 e. The highest BCUT2D eigenvalue weighted by molar-refractivity contribution is 7.88. The van der Waals surface area contributed by atoms with Crippen molar-refractivity contribution in [2.45, 2.75) is 12.7 Å². The van der Waals surface area contributed by atoms with E-state index in [2.05, 4.69) is 15.0 Å². The molecule has 3 aromatic heterocycles. The van der Waals surface area contributed by atoms with Gasteiger partial charge in [-0.3, -0.25) is 9.97 Å². The molecule has 3 heterocycles. The second kappa shape index (κ2) is 5.56. The molecule has 0 aliphatic rings. The average Bonchev–Trinajstić information content (AvgIpc) is 2.45. The van der Waals surface area contributed by atoms with E-state index >= 15 is 0 Å². The van der Waals surface area contributed by atoms with Crippen LogP contribution in [0.1, 0.15) is 11.1 Å². The van der Waals surface area contributed by atoms with Crippen LogP contribution in [0.4, 0.5) is 5.69 Å². The van der Waals surface area contributed by atoms with Gasteiger partial charge in [-0.1, -0.05) is 0 Å². The van der Waals surface area contributed by atoms with E-state index in [9.17, 15) is 8.42 Å². The minimum Gasteiger partial charge on any atom is -0.397 e. The molecule has 0 aliphatic carbocycles. The molecule has 0 fully saturated rings. The Kier molecular flexibility index (Phi) is 3.70. The first-order valence-corrected chi connectivity index (χ1v) is 8.51. The largest absolute Gasteiger partial charge is 0.397 e. The van der Waals surface area contributed by atoms with Crippen LogP contribution in [0.15, 0.2) is 36.8 Å². The topological polar surface area (TPSA) is 125 Å². The van der Waals surface area contributed by atoms with Gasteiger partial charge in [0.1, 0.15) is 5.52 Å². The van der Waals surface area contributed by atoms with Gasteiger partial charge >= 0.3 is 0 Å². The predicted molar refractivity (Wildman–Crippen MR) is 88.7 cm³/mol. The highest BCUT2D eigenvalue weighted by atomic mass is 32.2. The molecule has 4 N–H and O–H groups in total. The minimum atomic E-state index is -3.63. The number of fused-ring (bicyclic) bond motifs is 1. The van der Waals surface area contributed by atoms with Crippen molar-refractivity contribution in [1.82, 2.24) is 15.0 Å². The summed E-state index contributed by atoms with van der Waals surface area (Å²) in [6.45, 7) is 1.95. The number of pyridine rings is 3. The normalized spacial score (nSPS) is 11.7. The zero-order valence-electron chi connectivity index (χ0n) is 12.4. The van der Waals surface area contributed by atoms with Crippen LogP contribution in [0.2, 0.25) is 0 Å². The first kappa shape index (κ1) is 15.3. The van der Waals surface area contributed by atoms with Crippen molar-refractivity contribution in [3.05, 3.63) is 47.9 Å². The molecule has 3 rings (SSSR count). The van der Waals surface area contributed by atoms with Crippen LogP contribution in [0.25, 0.3) is 22.3 Å². The van der Waals surface area contributed by atoms with Crippen molar-refractivity contribution in [2.75, 3.05) is 5.73 Å². The molecule has 0 radical (unpaired) electrons. The zero-order chi connectivity index (χ0) is 16.6. The lowest BCUT2D eigenvalue weighted by molar-refractivity contribution is 0.597. The number of hydrogen-bond donors (Lipinski definition) is 2. The molecular formula is C15H15N5O2S.